The van der Waals surface area contributed by atoms with Gasteiger partial charge in [-0.3, -0.25) is 4.79 Å². The predicted octanol–water partition coefficient (Wildman–Crippen LogP) is 3.68. The molecule has 0 spiro atoms. The quantitative estimate of drug-likeness (QED) is 0.658. The highest BCUT2D eigenvalue weighted by Gasteiger charge is 2.14. The summed E-state index contributed by atoms with van der Waals surface area (Å²) in [6.07, 6.45) is 7.98. The third-order valence-corrected chi connectivity index (χ3v) is 6.12. The highest BCUT2D eigenvalue weighted by molar-refractivity contribution is 5.76. The number of hydrogen-bond acceptors (Lipinski definition) is 5. The summed E-state index contributed by atoms with van der Waals surface area (Å²) < 4.78 is 1.87. The van der Waals surface area contributed by atoms with Crippen molar-refractivity contribution < 1.29 is 4.79 Å². The fourth-order valence-electron chi connectivity index (χ4n) is 4.37. The van der Waals surface area contributed by atoms with Gasteiger partial charge < -0.3 is 10.2 Å². The first-order valence-corrected chi connectivity index (χ1v) is 11.3. The largest absolute Gasteiger partial charge is 0.357 e. The Morgan fingerprint density at radius 2 is 1.87 bits per heavy atom. The van der Waals surface area contributed by atoms with Crippen molar-refractivity contribution >= 4 is 17.4 Å². The van der Waals surface area contributed by atoms with Crippen LogP contribution >= 0.6 is 0 Å². The highest BCUT2D eigenvalue weighted by atomic mass is 16.1. The molecule has 1 aliphatic rings. The average molecular weight is 421 g/mol. The van der Waals surface area contributed by atoms with E-state index in [4.69, 9.17) is 0 Å². The molecule has 1 fully saturated rings. The summed E-state index contributed by atoms with van der Waals surface area (Å²) in [5, 5.41) is 7.58. The molecule has 0 unspecified atom stereocenters. The van der Waals surface area contributed by atoms with Crippen molar-refractivity contribution in [2.24, 2.45) is 0 Å². The van der Waals surface area contributed by atoms with Gasteiger partial charge in [0.1, 0.15) is 5.82 Å². The van der Waals surface area contributed by atoms with E-state index in [9.17, 15) is 4.79 Å². The van der Waals surface area contributed by atoms with Gasteiger partial charge in [0.05, 0.1) is 5.69 Å². The van der Waals surface area contributed by atoms with Gasteiger partial charge >= 0.3 is 0 Å². The van der Waals surface area contributed by atoms with Crippen LogP contribution in [0.2, 0.25) is 0 Å². The molecule has 0 aromatic carbocycles. The first kappa shape index (κ1) is 21.3. The number of hydrogen-bond donors (Lipinski definition) is 1. The van der Waals surface area contributed by atoms with Gasteiger partial charge in [0, 0.05) is 49.7 Å². The van der Waals surface area contributed by atoms with Crippen LogP contribution in [0.5, 0.6) is 0 Å². The van der Waals surface area contributed by atoms with Crippen molar-refractivity contribution in [2.75, 3.05) is 18.0 Å². The molecule has 1 saturated heterocycles. The topological polar surface area (TPSA) is 75.4 Å². The van der Waals surface area contributed by atoms with Crippen molar-refractivity contribution in [3.63, 3.8) is 0 Å². The molecular formula is C24H32N6O. The van der Waals surface area contributed by atoms with Gasteiger partial charge in [0.25, 0.3) is 0 Å². The van der Waals surface area contributed by atoms with Crippen molar-refractivity contribution in [2.45, 2.75) is 65.8 Å². The van der Waals surface area contributed by atoms with E-state index in [0.717, 1.165) is 52.8 Å². The van der Waals surface area contributed by atoms with Crippen LogP contribution < -0.4 is 10.2 Å². The lowest BCUT2D eigenvalue weighted by Gasteiger charge is -2.21. The summed E-state index contributed by atoms with van der Waals surface area (Å²) in [5.41, 5.74) is 6.01. The molecule has 1 amide bonds. The zero-order valence-electron chi connectivity index (χ0n) is 18.8. The lowest BCUT2D eigenvalue weighted by molar-refractivity contribution is -0.121. The zero-order valence-corrected chi connectivity index (χ0v) is 18.8. The molecule has 0 aliphatic carbocycles. The van der Waals surface area contributed by atoms with Gasteiger partial charge in [0.15, 0.2) is 5.65 Å². The minimum atomic E-state index is 0.0451. The molecule has 31 heavy (non-hydrogen) atoms. The number of amides is 1. The van der Waals surface area contributed by atoms with Crippen LogP contribution in [0, 0.1) is 20.8 Å². The number of nitrogens with zero attached hydrogens (tertiary/aromatic N) is 5. The monoisotopic (exact) mass is 420 g/mol. The van der Waals surface area contributed by atoms with Gasteiger partial charge in [0.2, 0.25) is 5.91 Å². The number of nitrogens with one attached hydrogen (secondary N) is 1. The van der Waals surface area contributed by atoms with Gasteiger partial charge in [-0.15, -0.1) is 0 Å². The number of aromatic nitrogens is 4. The molecule has 1 N–H and O–H groups in total. The van der Waals surface area contributed by atoms with E-state index in [0.29, 0.717) is 19.4 Å². The van der Waals surface area contributed by atoms with Crippen molar-refractivity contribution in [1.29, 1.82) is 0 Å². The zero-order chi connectivity index (χ0) is 21.8. The van der Waals surface area contributed by atoms with Crippen molar-refractivity contribution in [1.82, 2.24) is 24.9 Å². The van der Waals surface area contributed by atoms with Crippen molar-refractivity contribution in [3.05, 3.63) is 52.6 Å². The molecule has 3 aromatic heterocycles. The second-order valence-electron chi connectivity index (χ2n) is 8.52. The third-order valence-electron chi connectivity index (χ3n) is 6.12. The number of rotatable bonds is 6. The highest BCUT2D eigenvalue weighted by Crippen LogP contribution is 2.19. The number of anilines is 1. The van der Waals surface area contributed by atoms with E-state index in [2.05, 4.69) is 31.3 Å². The first-order chi connectivity index (χ1) is 15.0. The van der Waals surface area contributed by atoms with E-state index in [1.807, 2.05) is 43.6 Å². The summed E-state index contributed by atoms with van der Waals surface area (Å²) >= 11 is 0. The Labute approximate surface area is 183 Å². The summed E-state index contributed by atoms with van der Waals surface area (Å²) in [5.74, 6) is 1.07. The van der Waals surface area contributed by atoms with Crippen LogP contribution in [0.1, 0.15) is 60.3 Å². The van der Waals surface area contributed by atoms with Gasteiger partial charge in [-0.05, 0) is 63.3 Å². The molecule has 0 saturated carbocycles. The van der Waals surface area contributed by atoms with Crippen LogP contribution in [0.4, 0.5) is 5.82 Å². The van der Waals surface area contributed by atoms with Crippen LogP contribution in [0.15, 0.2) is 24.4 Å². The maximum absolute atomic E-state index is 12.5. The maximum atomic E-state index is 12.5. The van der Waals surface area contributed by atoms with Crippen LogP contribution in [-0.4, -0.2) is 38.6 Å². The molecule has 0 bridgehead atoms. The van der Waals surface area contributed by atoms with E-state index in [1.165, 1.54) is 25.7 Å². The number of carbonyl (C=O) groups is 1. The molecule has 4 heterocycles. The molecule has 3 aromatic rings. The Hall–Kier alpha value is -2.96. The Morgan fingerprint density at radius 3 is 2.65 bits per heavy atom. The summed E-state index contributed by atoms with van der Waals surface area (Å²) in [6.45, 7) is 8.67. The fraction of sp³-hybridized carbons (Fsp3) is 0.500. The Balaban J connectivity index is 1.35. The smallest absolute Gasteiger partial charge is 0.220 e. The second kappa shape index (κ2) is 9.45. The molecule has 7 nitrogen and oxygen atoms in total. The fourth-order valence-corrected chi connectivity index (χ4v) is 4.37. The average Bonchev–Trinajstić information content (AvgIpc) is 2.95. The van der Waals surface area contributed by atoms with Crippen LogP contribution in [0.25, 0.3) is 5.65 Å². The number of fused-ring (bicyclic) bond motifs is 1. The number of carbonyl (C=O) groups excluding carboxylic acids is 1. The van der Waals surface area contributed by atoms with Gasteiger partial charge in [-0.25, -0.2) is 14.5 Å². The third kappa shape index (κ3) is 5.03. The van der Waals surface area contributed by atoms with Gasteiger partial charge in [-0.1, -0.05) is 12.8 Å². The van der Waals surface area contributed by atoms with Crippen LogP contribution in [0.3, 0.4) is 0 Å². The standard InChI is InChI=1S/C24H32N6O/c1-17-14-23-27-18(2)21(19(3)30(23)28-17)8-9-24(31)26-16-20-10-11-25-22(15-20)29-12-6-4-5-7-13-29/h10-11,14-15H,4-9,12-13,16H2,1-3H3,(H,26,31). The summed E-state index contributed by atoms with van der Waals surface area (Å²) in [4.78, 5) is 24.1. The second-order valence-corrected chi connectivity index (χ2v) is 8.52. The predicted molar refractivity (Wildman–Crippen MR) is 122 cm³/mol. The SMILES string of the molecule is Cc1cc2nc(C)c(CCC(=O)NCc3ccnc(N4CCCCCC4)c3)c(C)n2n1. The van der Waals surface area contributed by atoms with Gasteiger partial charge in [-0.2, -0.15) is 5.10 Å². The lowest BCUT2D eigenvalue weighted by Crippen LogP contribution is -2.26. The Morgan fingerprint density at radius 1 is 1.10 bits per heavy atom. The molecule has 0 radical (unpaired) electrons. The lowest BCUT2D eigenvalue weighted by atomic mass is 10.1. The first-order valence-electron chi connectivity index (χ1n) is 11.3. The molecule has 4 rings (SSSR count). The maximum Gasteiger partial charge on any atom is 0.220 e. The van der Waals surface area contributed by atoms with E-state index >= 15 is 0 Å². The molecule has 1 aliphatic heterocycles. The van der Waals surface area contributed by atoms with E-state index in [1.54, 1.807) is 0 Å². The Kier molecular flexibility index (Phi) is 6.49. The minimum Gasteiger partial charge on any atom is -0.357 e. The normalized spacial score (nSPS) is 14.6. The van der Waals surface area contributed by atoms with Crippen molar-refractivity contribution in [3.8, 4) is 0 Å². The molecule has 0 atom stereocenters. The summed E-state index contributed by atoms with van der Waals surface area (Å²) in [7, 11) is 0. The van der Waals surface area contributed by atoms with E-state index in [-0.39, 0.29) is 5.91 Å². The number of pyridine rings is 1. The van der Waals surface area contributed by atoms with E-state index < -0.39 is 0 Å². The molecular weight excluding hydrogens is 388 g/mol. The molecule has 7 heteroatoms. The minimum absolute atomic E-state index is 0.0451. The number of aryl methyl sites for hydroxylation is 3. The molecule has 164 valence electrons. The Bertz CT molecular complexity index is 1070. The summed E-state index contributed by atoms with van der Waals surface area (Å²) in [6, 6.07) is 6.07. The van der Waals surface area contributed by atoms with Crippen LogP contribution in [-0.2, 0) is 17.8 Å².